The summed E-state index contributed by atoms with van der Waals surface area (Å²) in [5.74, 6) is -0.0720. The summed E-state index contributed by atoms with van der Waals surface area (Å²) >= 11 is 0. The third-order valence-corrected chi connectivity index (χ3v) is 11.8. The molecule has 0 aliphatic heterocycles. The fourth-order valence-corrected chi connectivity index (χ4v) is 7.81. The maximum Gasteiger partial charge on any atom is 0.220 e. The summed E-state index contributed by atoms with van der Waals surface area (Å²) in [5, 5.41) is 23.1. The van der Waals surface area contributed by atoms with E-state index in [1.807, 2.05) is 6.08 Å². The Morgan fingerprint density at radius 2 is 0.724 bits per heavy atom. The number of amides is 1. The molecule has 0 saturated carbocycles. The molecule has 2 atom stereocenters. The van der Waals surface area contributed by atoms with E-state index in [1.54, 1.807) is 6.08 Å². The van der Waals surface area contributed by atoms with Gasteiger partial charge in [0.05, 0.1) is 18.8 Å². The van der Waals surface area contributed by atoms with Gasteiger partial charge in [0.25, 0.3) is 0 Å². The highest BCUT2D eigenvalue weighted by molar-refractivity contribution is 5.76. The van der Waals surface area contributed by atoms with Gasteiger partial charge in [-0.3, -0.25) is 4.79 Å². The van der Waals surface area contributed by atoms with Gasteiger partial charge in [-0.25, -0.2) is 0 Å². The number of rotatable bonds is 47. The fourth-order valence-electron chi connectivity index (χ4n) is 7.81. The highest BCUT2D eigenvalue weighted by Crippen LogP contribution is 2.16. The van der Waals surface area contributed by atoms with E-state index in [4.69, 9.17) is 0 Å². The topological polar surface area (TPSA) is 69.6 Å². The maximum atomic E-state index is 12.4. The lowest BCUT2D eigenvalue weighted by Crippen LogP contribution is -2.45. The lowest BCUT2D eigenvalue weighted by molar-refractivity contribution is -0.123. The zero-order chi connectivity index (χ0) is 42.1. The summed E-state index contributed by atoms with van der Waals surface area (Å²) in [6.07, 6.45) is 68.2. The number of hydrogen-bond acceptors (Lipinski definition) is 3. The second-order valence-corrected chi connectivity index (χ2v) is 17.6. The first kappa shape index (κ1) is 56.4. The largest absolute Gasteiger partial charge is 0.394 e. The van der Waals surface area contributed by atoms with E-state index in [0.717, 1.165) is 38.5 Å². The van der Waals surface area contributed by atoms with Gasteiger partial charge in [0, 0.05) is 6.42 Å². The van der Waals surface area contributed by atoms with E-state index in [-0.39, 0.29) is 12.5 Å². The first-order valence-electron chi connectivity index (χ1n) is 25.9. The van der Waals surface area contributed by atoms with E-state index >= 15 is 0 Å². The maximum absolute atomic E-state index is 12.4. The Hall–Kier alpha value is -1.65. The molecule has 2 unspecified atom stereocenters. The van der Waals surface area contributed by atoms with Crippen LogP contribution in [0.2, 0.25) is 0 Å². The Morgan fingerprint density at radius 3 is 1.10 bits per heavy atom. The van der Waals surface area contributed by atoms with E-state index < -0.39 is 12.1 Å². The van der Waals surface area contributed by atoms with Crippen LogP contribution in [0.1, 0.15) is 271 Å². The summed E-state index contributed by atoms with van der Waals surface area (Å²) in [6, 6.07) is -0.639. The van der Waals surface area contributed by atoms with Gasteiger partial charge in [-0.15, -0.1) is 0 Å². The highest BCUT2D eigenvalue weighted by atomic mass is 16.3. The van der Waals surface area contributed by atoms with Crippen molar-refractivity contribution >= 4 is 5.91 Å². The van der Waals surface area contributed by atoms with Gasteiger partial charge in [0.2, 0.25) is 5.91 Å². The van der Waals surface area contributed by atoms with Crippen molar-refractivity contribution in [1.82, 2.24) is 5.32 Å². The third-order valence-electron chi connectivity index (χ3n) is 11.8. The molecule has 0 heterocycles. The van der Waals surface area contributed by atoms with Gasteiger partial charge in [0.15, 0.2) is 0 Å². The van der Waals surface area contributed by atoms with Crippen LogP contribution in [0.5, 0.6) is 0 Å². The summed E-state index contributed by atoms with van der Waals surface area (Å²) in [6.45, 7) is 4.30. The zero-order valence-corrected chi connectivity index (χ0v) is 39.1. The van der Waals surface area contributed by atoms with Crippen molar-refractivity contribution < 1.29 is 15.0 Å². The Bertz CT molecular complexity index is 923. The minimum atomic E-state index is -0.862. The number of hydrogen-bond donors (Lipinski definition) is 3. The quantitative estimate of drug-likeness (QED) is 0.0423. The summed E-state index contributed by atoms with van der Waals surface area (Å²) < 4.78 is 0. The summed E-state index contributed by atoms with van der Waals surface area (Å²) in [5.41, 5.74) is 0. The van der Waals surface area contributed by atoms with Crippen LogP contribution in [0, 0.1) is 0 Å². The molecule has 0 radical (unpaired) electrons. The Morgan fingerprint density at radius 1 is 0.414 bits per heavy atom. The molecule has 0 aromatic heterocycles. The van der Waals surface area contributed by atoms with Crippen LogP contribution in [-0.4, -0.2) is 34.9 Å². The van der Waals surface area contributed by atoms with Gasteiger partial charge in [0.1, 0.15) is 0 Å². The lowest BCUT2D eigenvalue weighted by Gasteiger charge is -2.19. The Balaban J connectivity index is 3.53. The van der Waals surface area contributed by atoms with Crippen molar-refractivity contribution in [3.8, 4) is 0 Å². The first-order chi connectivity index (χ1) is 28.7. The molecule has 0 spiro atoms. The Kier molecular flexibility index (Phi) is 48.3. The van der Waals surface area contributed by atoms with E-state index in [9.17, 15) is 15.0 Å². The van der Waals surface area contributed by atoms with Crippen LogP contribution in [0.25, 0.3) is 0 Å². The number of aliphatic hydroxyl groups is 2. The minimum Gasteiger partial charge on any atom is -0.394 e. The molecule has 340 valence electrons. The number of carbonyl (C=O) groups is 1. The van der Waals surface area contributed by atoms with Crippen LogP contribution in [-0.2, 0) is 4.79 Å². The molecule has 0 aromatic carbocycles. The van der Waals surface area contributed by atoms with Crippen molar-refractivity contribution in [2.75, 3.05) is 6.61 Å². The van der Waals surface area contributed by atoms with Crippen molar-refractivity contribution in [2.24, 2.45) is 0 Å². The molecule has 58 heavy (non-hydrogen) atoms. The predicted molar refractivity (Wildman–Crippen MR) is 258 cm³/mol. The molecule has 1 amide bonds. The minimum absolute atomic E-state index is 0.0720. The van der Waals surface area contributed by atoms with Gasteiger partial charge < -0.3 is 15.5 Å². The van der Waals surface area contributed by atoms with E-state index in [1.165, 1.54) is 212 Å². The number of unbranched alkanes of at least 4 members (excludes halogenated alkanes) is 34. The van der Waals surface area contributed by atoms with E-state index in [0.29, 0.717) is 6.42 Å². The molecule has 0 rings (SSSR count). The molecular weight excluding hydrogens is 711 g/mol. The summed E-state index contributed by atoms with van der Waals surface area (Å²) in [7, 11) is 0. The van der Waals surface area contributed by atoms with Crippen LogP contribution in [0.15, 0.2) is 48.6 Å². The van der Waals surface area contributed by atoms with Gasteiger partial charge in [-0.1, -0.05) is 249 Å². The molecular formula is C54H101NO3. The van der Waals surface area contributed by atoms with Crippen LogP contribution in [0.3, 0.4) is 0 Å². The van der Waals surface area contributed by atoms with Gasteiger partial charge >= 0.3 is 0 Å². The van der Waals surface area contributed by atoms with Gasteiger partial charge in [-0.05, 0) is 64.2 Å². The summed E-state index contributed by atoms with van der Waals surface area (Å²) in [4.78, 5) is 12.4. The van der Waals surface area contributed by atoms with Gasteiger partial charge in [-0.2, -0.15) is 0 Å². The highest BCUT2D eigenvalue weighted by Gasteiger charge is 2.17. The number of carbonyl (C=O) groups excluding carboxylic acids is 1. The molecule has 4 heteroatoms. The molecule has 0 fully saturated rings. The lowest BCUT2D eigenvalue weighted by atomic mass is 10.0. The molecule has 0 aliphatic rings. The molecule has 0 aromatic rings. The second-order valence-electron chi connectivity index (χ2n) is 17.6. The van der Waals surface area contributed by atoms with Crippen molar-refractivity contribution in [3.63, 3.8) is 0 Å². The average molecular weight is 812 g/mol. The molecule has 0 saturated heterocycles. The normalized spacial score (nSPS) is 13.2. The van der Waals surface area contributed by atoms with Crippen LogP contribution in [0.4, 0.5) is 0 Å². The third kappa shape index (κ3) is 45.4. The first-order valence-corrected chi connectivity index (χ1v) is 25.9. The SMILES string of the molecule is CCCCCCC/C=C\C/C=C\CCCCCCCCCCCCCCCCCC(=O)NC(CO)C(O)/C=C/CC/C=C/CCCCCCCCCCCCCCC. The van der Waals surface area contributed by atoms with Crippen molar-refractivity contribution in [3.05, 3.63) is 48.6 Å². The van der Waals surface area contributed by atoms with Crippen molar-refractivity contribution in [2.45, 2.75) is 283 Å². The average Bonchev–Trinajstić information content (AvgIpc) is 3.23. The molecule has 0 bridgehead atoms. The zero-order valence-electron chi connectivity index (χ0n) is 39.1. The smallest absolute Gasteiger partial charge is 0.220 e. The van der Waals surface area contributed by atoms with Crippen LogP contribution < -0.4 is 5.32 Å². The monoisotopic (exact) mass is 812 g/mol. The second kappa shape index (κ2) is 49.7. The van der Waals surface area contributed by atoms with Crippen molar-refractivity contribution in [1.29, 1.82) is 0 Å². The Labute approximate surface area is 363 Å². The fraction of sp³-hybridized carbons (Fsp3) is 0.833. The number of aliphatic hydroxyl groups excluding tert-OH is 2. The number of nitrogens with one attached hydrogen (secondary N) is 1. The standard InChI is InChI=1S/C54H101NO3/c1-3-5-7-9-11-13-15-17-19-21-23-24-25-26-27-28-29-30-32-34-36-38-40-42-44-46-48-50-54(58)55-52(51-56)53(57)49-47-45-43-41-39-37-35-33-31-22-20-18-16-14-12-10-8-6-4-2/h15,17,21,23,39,41,47,49,52-53,56-57H,3-14,16,18-20,22,24-38,40,42-46,48,50-51H2,1-2H3,(H,55,58)/b17-15-,23-21-,41-39+,49-47+. The molecule has 0 aliphatic carbocycles. The molecule has 4 nitrogen and oxygen atoms in total. The van der Waals surface area contributed by atoms with Crippen LogP contribution >= 0.6 is 0 Å². The predicted octanol–water partition coefficient (Wildman–Crippen LogP) is 16.7. The molecule has 3 N–H and O–H groups in total. The van der Waals surface area contributed by atoms with E-state index in [2.05, 4.69) is 55.6 Å². The number of allylic oxidation sites excluding steroid dienone is 7.